The van der Waals surface area contributed by atoms with Crippen molar-refractivity contribution in [1.82, 2.24) is 9.80 Å². The number of hydrogen-bond acceptors (Lipinski definition) is 3. The van der Waals surface area contributed by atoms with Crippen LogP contribution in [0.5, 0.6) is 5.75 Å². The fraction of sp³-hybridized carbons (Fsp3) is 0.500. The molecule has 0 saturated carbocycles. The number of carbonyl (C=O) groups is 1. The fourth-order valence-corrected chi connectivity index (χ4v) is 2.28. The van der Waals surface area contributed by atoms with Gasteiger partial charge in [-0.1, -0.05) is 18.2 Å². The fourth-order valence-electron chi connectivity index (χ4n) is 2.11. The summed E-state index contributed by atoms with van der Waals surface area (Å²) in [5.41, 5.74) is 0. The number of ether oxygens (including phenoxy) is 1. The third-order valence-electron chi connectivity index (χ3n) is 3.26. The molecule has 0 radical (unpaired) electrons. The zero-order chi connectivity index (χ0) is 13.5. The Balaban J connectivity index is 0.00000200. The molecule has 0 atom stereocenters. The normalized spacial score (nSPS) is 15.6. The largest absolute Gasteiger partial charge is 1.00 e. The second-order valence-corrected chi connectivity index (χ2v) is 4.78. The third kappa shape index (κ3) is 5.19. The topological polar surface area (TPSA) is 32.8 Å². The predicted octanol–water partition coefficient (Wildman–Crippen LogP) is -1.55. The number of para-hydroxylation sites is 1. The molecule has 0 aromatic heterocycles. The second-order valence-electron chi connectivity index (χ2n) is 4.52. The average Bonchev–Trinajstić information content (AvgIpc) is 2.48. The van der Waals surface area contributed by atoms with E-state index in [-0.39, 0.29) is 24.2 Å². The summed E-state index contributed by atoms with van der Waals surface area (Å²) in [5, 5.41) is 0. The zero-order valence-electron chi connectivity index (χ0n) is 11.3. The Morgan fingerprint density at radius 3 is 2.40 bits per heavy atom. The summed E-state index contributed by atoms with van der Waals surface area (Å²) in [6, 6.07) is 9.81. The molecule has 1 fully saturated rings. The molecular formula is C14H19Cl2N2O2-. The van der Waals surface area contributed by atoms with Crippen LogP contribution in [0.15, 0.2) is 30.3 Å². The molecule has 1 aliphatic rings. The number of alkyl halides is 1. The summed E-state index contributed by atoms with van der Waals surface area (Å²) < 4.78 is 5.66. The summed E-state index contributed by atoms with van der Waals surface area (Å²) in [6.45, 7) is 4.86. The Morgan fingerprint density at radius 1 is 1.15 bits per heavy atom. The molecule has 112 valence electrons. The van der Waals surface area contributed by atoms with Crippen LogP contribution in [-0.2, 0) is 4.79 Å². The first-order chi connectivity index (χ1) is 9.29. The van der Waals surface area contributed by atoms with Gasteiger partial charge in [0.05, 0.1) is 0 Å². The molecule has 1 aliphatic heterocycles. The predicted molar refractivity (Wildman–Crippen MR) is 75.7 cm³/mol. The van der Waals surface area contributed by atoms with Crippen molar-refractivity contribution in [3.8, 4) is 5.75 Å². The van der Waals surface area contributed by atoms with Gasteiger partial charge in [0.25, 0.3) is 0 Å². The number of benzene rings is 1. The lowest BCUT2D eigenvalue weighted by Gasteiger charge is -2.34. The summed E-state index contributed by atoms with van der Waals surface area (Å²) >= 11 is 5.55. The van der Waals surface area contributed by atoms with E-state index >= 15 is 0 Å². The van der Waals surface area contributed by atoms with Gasteiger partial charge in [-0.2, -0.15) is 0 Å². The standard InChI is InChI=1S/C14H19ClN2O2.ClH/c15-12-14(18)17-8-6-16(7-9-17)10-11-19-13-4-2-1-3-5-13;/h1-5H,6-12H2;1H/p-1. The second kappa shape index (κ2) is 9.06. The maximum absolute atomic E-state index is 11.4. The van der Waals surface area contributed by atoms with Crippen LogP contribution < -0.4 is 17.1 Å². The van der Waals surface area contributed by atoms with Gasteiger partial charge in [-0.15, -0.1) is 11.6 Å². The van der Waals surface area contributed by atoms with E-state index in [0.717, 1.165) is 38.5 Å². The maximum Gasteiger partial charge on any atom is 0.237 e. The van der Waals surface area contributed by atoms with Gasteiger partial charge in [-0.25, -0.2) is 0 Å². The molecule has 2 rings (SSSR count). The Kier molecular flexibility index (Phi) is 7.73. The van der Waals surface area contributed by atoms with E-state index in [0.29, 0.717) is 6.61 Å². The first-order valence-corrected chi connectivity index (χ1v) is 7.07. The van der Waals surface area contributed by atoms with Crippen molar-refractivity contribution in [1.29, 1.82) is 0 Å². The SMILES string of the molecule is O=C(CCl)N1CCN(CCOc2ccccc2)CC1.[Cl-]. The van der Waals surface area contributed by atoms with Gasteiger partial charge in [-0.05, 0) is 12.1 Å². The number of amides is 1. The van der Waals surface area contributed by atoms with E-state index in [1.807, 2.05) is 35.2 Å². The van der Waals surface area contributed by atoms with Crippen LogP contribution in [0.25, 0.3) is 0 Å². The number of nitrogens with zero attached hydrogens (tertiary/aromatic N) is 2. The van der Waals surface area contributed by atoms with Crippen molar-refractivity contribution in [3.63, 3.8) is 0 Å². The van der Waals surface area contributed by atoms with Gasteiger partial charge in [0, 0.05) is 32.7 Å². The molecule has 1 saturated heterocycles. The molecule has 1 amide bonds. The zero-order valence-corrected chi connectivity index (χ0v) is 12.8. The summed E-state index contributed by atoms with van der Waals surface area (Å²) in [6.07, 6.45) is 0. The van der Waals surface area contributed by atoms with Gasteiger partial charge < -0.3 is 22.0 Å². The highest BCUT2D eigenvalue weighted by molar-refractivity contribution is 6.27. The molecule has 1 aromatic rings. The molecule has 1 heterocycles. The highest BCUT2D eigenvalue weighted by Crippen LogP contribution is 2.08. The Morgan fingerprint density at radius 2 is 1.80 bits per heavy atom. The smallest absolute Gasteiger partial charge is 0.237 e. The van der Waals surface area contributed by atoms with Crippen LogP contribution in [0.3, 0.4) is 0 Å². The summed E-state index contributed by atoms with van der Waals surface area (Å²) in [5.74, 6) is 1.01. The average molecular weight is 318 g/mol. The molecule has 0 spiro atoms. The molecule has 20 heavy (non-hydrogen) atoms. The van der Waals surface area contributed by atoms with Crippen molar-refractivity contribution >= 4 is 17.5 Å². The van der Waals surface area contributed by atoms with Gasteiger partial charge >= 0.3 is 0 Å². The minimum atomic E-state index is 0. The molecule has 0 unspecified atom stereocenters. The van der Waals surface area contributed by atoms with E-state index in [4.69, 9.17) is 16.3 Å². The highest BCUT2D eigenvalue weighted by atomic mass is 35.5. The van der Waals surface area contributed by atoms with E-state index in [2.05, 4.69) is 4.90 Å². The lowest BCUT2D eigenvalue weighted by Crippen LogP contribution is -3.00. The van der Waals surface area contributed by atoms with E-state index < -0.39 is 0 Å². The van der Waals surface area contributed by atoms with Crippen molar-refractivity contribution in [3.05, 3.63) is 30.3 Å². The highest BCUT2D eigenvalue weighted by Gasteiger charge is 2.19. The molecular weight excluding hydrogens is 299 g/mol. The first-order valence-electron chi connectivity index (χ1n) is 6.53. The first kappa shape index (κ1) is 17.1. The molecule has 1 aromatic carbocycles. The van der Waals surface area contributed by atoms with Crippen molar-refractivity contribution < 1.29 is 21.9 Å². The van der Waals surface area contributed by atoms with Crippen molar-refractivity contribution in [2.45, 2.75) is 0 Å². The minimum Gasteiger partial charge on any atom is -1.00 e. The van der Waals surface area contributed by atoms with Crippen molar-refractivity contribution in [2.75, 3.05) is 45.2 Å². The maximum atomic E-state index is 11.4. The number of rotatable bonds is 5. The van der Waals surface area contributed by atoms with Crippen LogP contribution in [0, 0.1) is 0 Å². The van der Waals surface area contributed by atoms with E-state index in [1.165, 1.54) is 0 Å². The molecule has 0 bridgehead atoms. The number of halogens is 2. The monoisotopic (exact) mass is 317 g/mol. The van der Waals surface area contributed by atoms with Gasteiger partial charge in [0.2, 0.25) is 5.91 Å². The van der Waals surface area contributed by atoms with Crippen LogP contribution in [-0.4, -0.2) is 60.9 Å². The lowest BCUT2D eigenvalue weighted by molar-refractivity contribution is -0.130. The third-order valence-corrected chi connectivity index (χ3v) is 3.49. The van der Waals surface area contributed by atoms with Crippen LogP contribution in [0.4, 0.5) is 0 Å². The van der Waals surface area contributed by atoms with Crippen LogP contribution in [0.1, 0.15) is 0 Å². The van der Waals surface area contributed by atoms with Crippen molar-refractivity contribution in [2.24, 2.45) is 0 Å². The number of piperazine rings is 1. The summed E-state index contributed by atoms with van der Waals surface area (Å²) in [4.78, 5) is 15.6. The van der Waals surface area contributed by atoms with Gasteiger partial charge in [-0.3, -0.25) is 9.69 Å². The van der Waals surface area contributed by atoms with Gasteiger partial charge in [0.15, 0.2) is 0 Å². The molecule has 4 nitrogen and oxygen atoms in total. The molecule has 6 heteroatoms. The van der Waals surface area contributed by atoms with E-state index in [1.54, 1.807) is 0 Å². The number of carbonyl (C=O) groups excluding carboxylic acids is 1. The molecule has 0 aliphatic carbocycles. The number of hydrogen-bond donors (Lipinski definition) is 0. The van der Waals surface area contributed by atoms with Crippen LogP contribution in [0.2, 0.25) is 0 Å². The Bertz CT molecular complexity index is 395. The Labute approximate surface area is 131 Å². The quantitative estimate of drug-likeness (QED) is 0.617. The Hall–Kier alpha value is -0.970. The van der Waals surface area contributed by atoms with E-state index in [9.17, 15) is 4.79 Å². The minimum absolute atomic E-state index is 0. The lowest BCUT2D eigenvalue weighted by atomic mass is 10.3. The van der Waals surface area contributed by atoms with Gasteiger partial charge in [0.1, 0.15) is 18.2 Å². The van der Waals surface area contributed by atoms with Crippen LogP contribution >= 0.6 is 11.6 Å². The molecule has 0 N–H and O–H groups in total. The summed E-state index contributed by atoms with van der Waals surface area (Å²) in [7, 11) is 0.